The summed E-state index contributed by atoms with van der Waals surface area (Å²) in [6, 6.07) is 23.2. The SMILES string of the molecule is O=C(CNC(=O)c1ccc(N2CCc3ccccc3C2)cc1)Nc1ccc(-n2cncn2)cc1. The molecule has 5 rings (SSSR count). The molecule has 2 heterocycles. The van der Waals surface area contributed by atoms with Gasteiger partial charge in [0.25, 0.3) is 5.91 Å². The topological polar surface area (TPSA) is 92.2 Å². The van der Waals surface area contributed by atoms with E-state index >= 15 is 0 Å². The predicted molar refractivity (Wildman–Crippen MR) is 130 cm³/mol. The second-order valence-electron chi connectivity index (χ2n) is 8.10. The van der Waals surface area contributed by atoms with Crippen LogP contribution in [0.3, 0.4) is 0 Å². The van der Waals surface area contributed by atoms with Gasteiger partial charge in [-0.25, -0.2) is 9.67 Å². The first-order chi connectivity index (χ1) is 16.7. The number of benzene rings is 3. The Hall–Kier alpha value is -4.46. The molecule has 2 amide bonds. The Morgan fingerprint density at radius 3 is 2.35 bits per heavy atom. The van der Waals surface area contributed by atoms with Crippen LogP contribution in [0.1, 0.15) is 21.5 Å². The van der Waals surface area contributed by atoms with Crippen LogP contribution >= 0.6 is 0 Å². The zero-order valence-corrected chi connectivity index (χ0v) is 18.5. The van der Waals surface area contributed by atoms with Crippen molar-refractivity contribution >= 4 is 23.2 Å². The molecule has 0 saturated carbocycles. The number of amides is 2. The van der Waals surface area contributed by atoms with E-state index in [-0.39, 0.29) is 18.4 Å². The van der Waals surface area contributed by atoms with Crippen molar-refractivity contribution < 1.29 is 9.59 Å². The molecule has 0 unspecified atom stereocenters. The van der Waals surface area contributed by atoms with Gasteiger partial charge < -0.3 is 15.5 Å². The van der Waals surface area contributed by atoms with E-state index in [1.165, 1.54) is 17.5 Å². The molecule has 1 aromatic heterocycles. The number of anilines is 2. The van der Waals surface area contributed by atoms with E-state index in [1.807, 2.05) is 24.3 Å². The molecule has 1 aliphatic heterocycles. The van der Waals surface area contributed by atoms with E-state index in [2.05, 4.69) is 49.9 Å². The second-order valence-corrected chi connectivity index (χ2v) is 8.10. The lowest BCUT2D eigenvalue weighted by Crippen LogP contribution is -2.33. The number of nitrogens with zero attached hydrogens (tertiary/aromatic N) is 4. The first-order valence-electron chi connectivity index (χ1n) is 11.1. The molecule has 170 valence electrons. The highest BCUT2D eigenvalue weighted by Gasteiger charge is 2.16. The highest BCUT2D eigenvalue weighted by molar-refractivity contribution is 5.99. The fourth-order valence-corrected chi connectivity index (χ4v) is 4.05. The number of fused-ring (bicyclic) bond motifs is 1. The van der Waals surface area contributed by atoms with Gasteiger partial charge in [0.2, 0.25) is 5.91 Å². The fraction of sp³-hybridized carbons (Fsp3) is 0.154. The Labute approximate surface area is 197 Å². The lowest BCUT2D eigenvalue weighted by molar-refractivity contribution is -0.115. The van der Waals surface area contributed by atoms with Crippen LogP contribution in [-0.4, -0.2) is 39.7 Å². The minimum absolute atomic E-state index is 0.117. The number of hydrogen-bond donors (Lipinski definition) is 2. The average molecular weight is 453 g/mol. The van der Waals surface area contributed by atoms with Gasteiger partial charge in [-0.1, -0.05) is 24.3 Å². The lowest BCUT2D eigenvalue weighted by Gasteiger charge is -2.30. The number of rotatable bonds is 6. The van der Waals surface area contributed by atoms with Crippen LogP contribution in [0.15, 0.2) is 85.5 Å². The third-order valence-corrected chi connectivity index (χ3v) is 5.87. The molecule has 0 aliphatic carbocycles. The largest absolute Gasteiger partial charge is 0.367 e. The smallest absolute Gasteiger partial charge is 0.251 e. The van der Waals surface area contributed by atoms with Gasteiger partial charge in [-0.2, -0.15) is 5.10 Å². The van der Waals surface area contributed by atoms with Gasteiger partial charge in [-0.3, -0.25) is 9.59 Å². The van der Waals surface area contributed by atoms with Crippen LogP contribution in [0, 0.1) is 0 Å². The van der Waals surface area contributed by atoms with Crippen molar-refractivity contribution in [3.63, 3.8) is 0 Å². The quantitative estimate of drug-likeness (QED) is 0.469. The monoisotopic (exact) mass is 452 g/mol. The van der Waals surface area contributed by atoms with Gasteiger partial charge in [0.05, 0.1) is 12.2 Å². The number of nitrogens with one attached hydrogen (secondary N) is 2. The Morgan fingerprint density at radius 1 is 0.882 bits per heavy atom. The minimum atomic E-state index is -0.301. The Balaban J connectivity index is 1.12. The molecular formula is C26H24N6O2. The standard InChI is InChI=1S/C26H24N6O2/c33-25(30-22-7-11-24(12-8-22)32-18-27-17-29-32)15-28-26(34)20-5-9-23(10-6-20)31-14-13-19-3-1-2-4-21(19)16-31/h1-12,17-18H,13-16H2,(H,28,34)(H,30,33). The Bertz CT molecular complexity index is 1280. The van der Waals surface area contributed by atoms with E-state index in [9.17, 15) is 9.59 Å². The van der Waals surface area contributed by atoms with Crippen molar-refractivity contribution in [3.8, 4) is 5.69 Å². The van der Waals surface area contributed by atoms with Crippen LogP contribution in [0.4, 0.5) is 11.4 Å². The number of aromatic nitrogens is 3. The van der Waals surface area contributed by atoms with Gasteiger partial charge >= 0.3 is 0 Å². The molecule has 3 aromatic carbocycles. The molecular weight excluding hydrogens is 428 g/mol. The van der Waals surface area contributed by atoms with E-state index in [1.54, 1.807) is 35.3 Å². The first kappa shape index (κ1) is 21.4. The van der Waals surface area contributed by atoms with Crippen molar-refractivity contribution in [2.24, 2.45) is 0 Å². The van der Waals surface area contributed by atoms with Crippen molar-refractivity contribution in [1.29, 1.82) is 0 Å². The second kappa shape index (κ2) is 9.58. The zero-order chi connectivity index (χ0) is 23.3. The van der Waals surface area contributed by atoms with Gasteiger partial charge in [-0.15, -0.1) is 0 Å². The number of carbonyl (C=O) groups is 2. The van der Waals surface area contributed by atoms with Crippen LogP contribution in [0.25, 0.3) is 5.69 Å². The molecule has 0 fully saturated rings. The molecule has 4 aromatic rings. The summed E-state index contributed by atoms with van der Waals surface area (Å²) in [7, 11) is 0. The van der Waals surface area contributed by atoms with Crippen LogP contribution in [-0.2, 0) is 17.8 Å². The fourth-order valence-electron chi connectivity index (χ4n) is 4.05. The highest BCUT2D eigenvalue weighted by atomic mass is 16.2. The summed E-state index contributed by atoms with van der Waals surface area (Å²) < 4.78 is 1.63. The molecule has 0 bridgehead atoms. The molecule has 0 atom stereocenters. The predicted octanol–water partition coefficient (Wildman–Crippen LogP) is 3.20. The zero-order valence-electron chi connectivity index (χ0n) is 18.5. The lowest BCUT2D eigenvalue weighted by atomic mass is 9.99. The molecule has 0 saturated heterocycles. The Kier molecular flexibility index (Phi) is 6.03. The van der Waals surface area contributed by atoms with Crippen molar-refractivity contribution in [3.05, 3.63) is 102 Å². The molecule has 34 heavy (non-hydrogen) atoms. The normalized spacial score (nSPS) is 12.6. The minimum Gasteiger partial charge on any atom is -0.367 e. The summed E-state index contributed by atoms with van der Waals surface area (Å²) in [5.41, 5.74) is 5.81. The van der Waals surface area contributed by atoms with E-state index < -0.39 is 0 Å². The summed E-state index contributed by atoms with van der Waals surface area (Å²) in [5, 5.41) is 9.52. The summed E-state index contributed by atoms with van der Waals surface area (Å²) in [5.74, 6) is -0.585. The molecule has 1 aliphatic rings. The average Bonchev–Trinajstić information content (AvgIpc) is 3.43. The molecule has 8 heteroatoms. The summed E-state index contributed by atoms with van der Waals surface area (Å²) in [4.78, 5) is 31.0. The van der Waals surface area contributed by atoms with E-state index in [0.717, 1.165) is 30.9 Å². The Morgan fingerprint density at radius 2 is 1.62 bits per heavy atom. The van der Waals surface area contributed by atoms with Crippen molar-refractivity contribution in [2.45, 2.75) is 13.0 Å². The molecule has 2 N–H and O–H groups in total. The maximum atomic E-state index is 12.5. The van der Waals surface area contributed by atoms with Crippen LogP contribution < -0.4 is 15.5 Å². The van der Waals surface area contributed by atoms with E-state index in [4.69, 9.17) is 0 Å². The molecule has 0 spiro atoms. The maximum absolute atomic E-state index is 12.5. The summed E-state index contributed by atoms with van der Waals surface area (Å²) in [6.45, 7) is 1.69. The van der Waals surface area contributed by atoms with Crippen LogP contribution in [0.5, 0.6) is 0 Å². The van der Waals surface area contributed by atoms with Crippen molar-refractivity contribution in [1.82, 2.24) is 20.1 Å². The first-order valence-corrected chi connectivity index (χ1v) is 11.1. The summed E-state index contributed by atoms with van der Waals surface area (Å²) >= 11 is 0. The van der Waals surface area contributed by atoms with Gasteiger partial charge in [-0.05, 0) is 66.1 Å². The highest BCUT2D eigenvalue weighted by Crippen LogP contribution is 2.24. The maximum Gasteiger partial charge on any atom is 0.251 e. The number of carbonyl (C=O) groups excluding carboxylic acids is 2. The summed E-state index contributed by atoms with van der Waals surface area (Å²) in [6.07, 6.45) is 4.07. The van der Waals surface area contributed by atoms with Crippen molar-refractivity contribution in [2.75, 3.05) is 23.3 Å². The third kappa shape index (κ3) is 4.80. The van der Waals surface area contributed by atoms with E-state index in [0.29, 0.717) is 11.3 Å². The third-order valence-electron chi connectivity index (χ3n) is 5.87. The van der Waals surface area contributed by atoms with Crippen LogP contribution in [0.2, 0.25) is 0 Å². The molecule has 0 radical (unpaired) electrons. The molecule has 8 nitrogen and oxygen atoms in total. The van der Waals surface area contributed by atoms with Gasteiger partial charge in [0.1, 0.15) is 12.7 Å². The van der Waals surface area contributed by atoms with Gasteiger partial charge in [0, 0.05) is 30.0 Å². The van der Waals surface area contributed by atoms with Gasteiger partial charge in [0.15, 0.2) is 0 Å². The number of hydrogen-bond acceptors (Lipinski definition) is 5.